The van der Waals surface area contributed by atoms with Crippen molar-refractivity contribution < 1.29 is 13.2 Å². The second kappa shape index (κ2) is 7.66. The molecule has 0 aliphatic carbocycles. The van der Waals surface area contributed by atoms with Gasteiger partial charge in [0.1, 0.15) is 17.5 Å². The molecule has 5 rings (SSSR count). The topological polar surface area (TPSA) is 54.7 Å². The highest BCUT2D eigenvalue weighted by Crippen LogP contribution is 2.54. The van der Waals surface area contributed by atoms with Crippen LogP contribution < -0.4 is 15.1 Å². The monoisotopic (exact) mass is 459 g/mol. The van der Waals surface area contributed by atoms with E-state index in [0.717, 1.165) is 5.56 Å². The zero-order valence-electron chi connectivity index (χ0n) is 18.4. The highest BCUT2D eigenvalue weighted by atomic mass is 19.4. The van der Waals surface area contributed by atoms with Crippen molar-refractivity contribution in [1.29, 1.82) is 5.26 Å². The number of guanidine groups is 1. The molecule has 1 atom stereocenters. The molecule has 1 unspecified atom stereocenters. The van der Waals surface area contributed by atoms with Gasteiger partial charge in [0.2, 0.25) is 11.5 Å². The van der Waals surface area contributed by atoms with E-state index in [9.17, 15) is 5.26 Å². The number of aliphatic imine (C=N–C) groups is 1. The van der Waals surface area contributed by atoms with Crippen molar-refractivity contribution in [2.24, 2.45) is 4.99 Å². The summed E-state index contributed by atoms with van der Waals surface area (Å²) >= 11 is 0. The lowest BCUT2D eigenvalue weighted by Gasteiger charge is -2.40. The Morgan fingerprint density at radius 1 is 0.912 bits per heavy atom. The summed E-state index contributed by atoms with van der Waals surface area (Å²) in [6, 6.07) is 23.7. The van der Waals surface area contributed by atoms with E-state index in [-0.39, 0.29) is 17.3 Å². The second-order valence-electron chi connectivity index (χ2n) is 8.19. The zero-order valence-corrected chi connectivity index (χ0v) is 18.4. The molecule has 170 valence electrons. The Bertz CT molecular complexity index is 1350. The standard InChI is InChI=1S/C26H20F3N5/c1-17-12-14-19(15-13-17)31-24-32-25(26(27,28)29,18-8-4-3-5-9-18)20(16-30)23-33(2)21-10-6-7-11-22(21)34(23)24/h3-15H,1-2H3,(H,31,32). The van der Waals surface area contributed by atoms with Crippen LogP contribution in [0.15, 0.2) is 95.2 Å². The normalized spacial score (nSPS) is 19.4. The zero-order chi connectivity index (χ0) is 24.1. The molecule has 3 aromatic carbocycles. The fraction of sp³-hybridized carbons (Fsp3) is 0.154. The predicted octanol–water partition coefficient (Wildman–Crippen LogP) is 5.93. The third kappa shape index (κ3) is 3.05. The van der Waals surface area contributed by atoms with Crippen LogP contribution in [0, 0.1) is 18.3 Å². The van der Waals surface area contributed by atoms with Crippen LogP contribution >= 0.6 is 0 Å². The van der Waals surface area contributed by atoms with Crippen LogP contribution in [0.3, 0.4) is 0 Å². The third-order valence-electron chi connectivity index (χ3n) is 6.11. The van der Waals surface area contributed by atoms with Gasteiger partial charge in [-0.3, -0.25) is 4.90 Å². The molecule has 34 heavy (non-hydrogen) atoms. The van der Waals surface area contributed by atoms with Gasteiger partial charge >= 0.3 is 6.18 Å². The van der Waals surface area contributed by atoms with E-state index < -0.39 is 17.3 Å². The minimum Gasteiger partial charge on any atom is -0.328 e. The van der Waals surface area contributed by atoms with Gasteiger partial charge in [-0.15, -0.1) is 0 Å². The quantitative estimate of drug-likeness (QED) is 0.517. The van der Waals surface area contributed by atoms with Gasteiger partial charge in [-0.25, -0.2) is 4.99 Å². The molecule has 0 fully saturated rings. The summed E-state index contributed by atoms with van der Waals surface area (Å²) in [5, 5.41) is 13.2. The van der Waals surface area contributed by atoms with Crippen LogP contribution in [-0.4, -0.2) is 19.2 Å². The van der Waals surface area contributed by atoms with Gasteiger partial charge in [0.25, 0.3) is 0 Å². The summed E-state index contributed by atoms with van der Waals surface area (Å²) in [6.45, 7) is 1.93. The summed E-state index contributed by atoms with van der Waals surface area (Å²) in [6.07, 6.45) is -4.88. The first-order chi connectivity index (χ1) is 16.3. The number of halogens is 3. The molecule has 0 bridgehead atoms. The smallest absolute Gasteiger partial charge is 0.328 e. The number of benzene rings is 3. The average molecular weight is 459 g/mol. The first kappa shape index (κ1) is 21.6. The second-order valence-corrected chi connectivity index (χ2v) is 8.19. The van der Waals surface area contributed by atoms with Gasteiger partial charge in [-0.1, -0.05) is 60.2 Å². The lowest BCUT2D eigenvalue weighted by Crippen LogP contribution is -2.52. The summed E-state index contributed by atoms with van der Waals surface area (Å²) < 4.78 is 45.1. The fourth-order valence-corrected chi connectivity index (χ4v) is 4.47. The fourth-order valence-electron chi connectivity index (χ4n) is 4.47. The van der Waals surface area contributed by atoms with E-state index >= 15 is 13.2 Å². The maximum absolute atomic E-state index is 15.0. The van der Waals surface area contributed by atoms with E-state index in [1.807, 2.05) is 25.1 Å². The molecular formula is C26H20F3N5. The van der Waals surface area contributed by atoms with Crippen molar-refractivity contribution in [3.63, 3.8) is 0 Å². The number of nitriles is 1. The lowest BCUT2D eigenvalue weighted by molar-refractivity contribution is -0.176. The Balaban J connectivity index is 1.83. The largest absolute Gasteiger partial charge is 0.423 e. The van der Waals surface area contributed by atoms with Crippen molar-refractivity contribution in [2.75, 3.05) is 22.2 Å². The molecule has 5 nitrogen and oxygen atoms in total. The first-order valence-corrected chi connectivity index (χ1v) is 10.6. The number of nitrogens with zero attached hydrogens (tertiary/aromatic N) is 4. The summed E-state index contributed by atoms with van der Waals surface area (Å²) in [5.74, 6) is 0.102. The number of alkyl halides is 3. The Morgan fingerprint density at radius 2 is 1.53 bits per heavy atom. The van der Waals surface area contributed by atoms with E-state index in [2.05, 4.69) is 10.3 Å². The van der Waals surface area contributed by atoms with Gasteiger partial charge in [0, 0.05) is 12.7 Å². The number of nitrogens with one attached hydrogen (secondary N) is 1. The number of anilines is 3. The molecule has 0 saturated heterocycles. The predicted molar refractivity (Wildman–Crippen MR) is 126 cm³/mol. The maximum atomic E-state index is 15.0. The number of hydrogen-bond acceptors (Lipinski definition) is 5. The van der Waals surface area contributed by atoms with E-state index in [1.165, 1.54) is 24.3 Å². The average Bonchev–Trinajstić information content (AvgIpc) is 3.13. The summed E-state index contributed by atoms with van der Waals surface area (Å²) in [4.78, 5) is 7.50. The third-order valence-corrected chi connectivity index (χ3v) is 6.11. The molecular weight excluding hydrogens is 439 g/mol. The van der Waals surface area contributed by atoms with Crippen molar-refractivity contribution in [1.82, 2.24) is 0 Å². The number of rotatable bonds is 2. The molecule has 8 heteroatoms. The number of fused-ring (bicyclic) bond motifs is 3. The molecule has 2 aliphatic heterocycles. The number of aryl methyl sites for hydroxylation is 1. The Labute approximate surface area is 195 Å². The van der Waals surface area contributed by atoms with Crippen molar-refractivity contribution in [2.45, 2.75) is 18.6 Å². The summed E-state index contributed by atoms with van der Waals surface area (Å²) in [5.41, 5.74) is -0.579. The molecule has 1 N–H and O–H groups in total. The van der Waals surface area contributed by atoms with Crippen LogP contribution in [0.5, 0.6) is 0 Å². The van der Waals surface area contributed by atoms with E-state index in [1.54, 1.807) is 59.3 Å². The van der Waals surface area contributed by atoms with Gasteiger partial charge in [0.05, 0.1) is 11.4 Å². The van der Waals surface area contributed by atoms with Gasteiger partial charge in [-0.05, 0) is 36.8 Å². The summed E-state index contributed by atoms with van der Waals surface area (Å²) in [7, 11) is 1.66. The molecule has 0 amide bonds. The molecule has 2 aliphatic rings. The van der Waals surface area contributed by atoms with Crippen LogP contribution in [0.25, 0.3) is 0 Å². The minimum absolute atomic E-state index is 0.0177. The number of hydrogen-bond donors (Lipinski definition) is 1. The Kier molecular flexibility index (Phi) is 4.87. The molecule has 0 saturated carbocycles. The Hall–Kier alpha value is -4.25. The lowest BCUT2D eigenvalue weighted by atomic mass is 9.81. The van der Waals surface area contributed by atoms with Crippen LogP contribution in [-0.2, 0) is 5.54 Å². The molecule has 2 heterocycles. The minimum atomic E-state index is -4.88. The SMILES string of the molecule is Cc1ccc(NC2=NC(c3ccccc3)(C(F)(F)F)C(C#N)=C3N(C)c4ccccc4N23)cc1. The van der Waals surface area contributed by atoms with Crippen molar-refractivity contribution in [3.8, 4) is 6.07 Å². The van der Waals surface area contributed by atoms with Crippen LogP contribution in [0.4, 0.5) is 30.2 Å². The Morgan fingerprint density at radius 3 is 2.15 bits per heavy atom. The van der Waals surface area contributed by atoms with Crippen LogP contribution in [0.1, 0.15) is 11.1 Å². The van der Waals surface area contributed by atoms with Crippen molar-refractivity contribution in [3.05, 3.63) is 101 Å². The maximum Gasteiger partial charge on any atom is 0.423 e. The van der Waals surface area contributed by atoms with Crippen molar-refractivity contribution >= 4 is 23.0 Å². The van der Waals surface area contributed by atoms with Crippen LogP contribution in [0.2, 0.25) is 0 Å². The highest BCUT2D eigenvalue weighted by Gasteiger charge is 2.64. The van der Waals surface area contributed by atoms with Gasteiger partial charge in [0.15, 0.2) is 0 Å². The van der Waals surface area contributed by atoms with E-state index in [4.69, 9.17) is 0 Å². The molecule has 0 aromatic heterocycles. The molecule has 3 aromatic rings. The number of para-hydroxylation sites is 2. The van der Waals surface area contributed by atoms with Gasteiger partial charge in [-0.2, -0.15) is 18.4 Å². The highest BCUT2D eigenvalue weighted by molar-refractivity contribution is 6.13. The van der Waals surface area contributed by atoms with E-state index in [0.29, 0.717) is 17.1 Å². The molecule has 0 spiro atoms. The molecule has 0 radical (unpaired) electrons. The van der Waals surface area contributed by atoms with Gasteiger partial charge < -0.3 is 10.2 Å². The first-order valence-electron chi connectivity index (χ1n) is 10.6.